The number of para-hydroxylation sites is 1. The molecule has 0 saturated carbocycles. The van der Waals surface area contributed by atoms with Crippen molar-refractivity contribution < 1.29 is 8.83 Å². The number of fused-ring (bicyclic) bond motifs is 10. The molecule has 10 aromatic carbocycles. The van der Waals surface area contributed by atoms with Crippen LogP contribution < -0.4 is 0 Å². The molecule has 0 fully saturated rings. The lowest BCUT2D eigenvalue weighted by molar-refractivity contribution is 0.668. The predicted molar refractivity (Wildman–Crippen MR) is 235 cm³/mol. The molecule has 56 heavy (non-hydrogen) atoms. The Bertz CT molecular complexity index is 3470. The van der Waals surface area contributed by atoms with Crippen LogP contribution in [0.15, 0.2) is 203 Å². The summed E-state index contributed by atoms with van der Waals surface area (Å²) < 4.78 is 12.7. The third-order valence-corrected chi connectivity index (χ3v) is 11.7. The van der Waals surface area contributed by atoms with E-state index in [1.807, 2.05) is 12.1 Å². The van der Waals surface area contributed by atoms with Crippen molar-refractivity contribution in [3.05, 3.63) is 194 Å². The lowest BCUT2D eigenvalue weighted by atomic mass is 9.85. The molecule has 0 saturated heterocycles. The second-order valence-corrected chi connectivity index (χ2v) is 14.7. The molecule has 12 rings (SSSR count). The summed E-state index contributed by atoms with van der Waals surface area (Å²) >= 11 is 0. The summed E-state index contributed by atoms with van der Waals surface area (Å²) in [6.07, 6.45) is 0. The van der Waals surface area contributed by atoms with Gasteiger partial charge in [-0.15, -0.1) is 0 Å². The molecule has 0 spiro atoms. The molecule has 0 amide bonds. The summed E-state index contributed by atoms with van der Waals surface area (Å²) in [5, 5.41) is 11.9. The maximum absolute atomic E-state index is 6.41. The van der Waals surface area contributed by atoms with E-state index in [1.165, 1.54) is 82.2 Å². The van der Waals surface area contributed by atoms with Gasteiger partial charge in [0.25, 0.3) is 0 Å². The average Bonchev–Trinajstić information content (AvgIpc) is 3.84. The third kappa shape index (κ3) is 4.57. The first-order chi connectivity index (χ1) is 27.8. The molecule has 2 heteroatoms. The minimum Gasteiger partial charge on any atom is -0.456 e. The molecule has 0 aliphatic heterocycles. The third-order valence-electron chi connectivity index (χ3n) is 11.7. The van der Waals surface area contributed by atoms with Gasteiger partial charge < -0.3 is 8.83 Å². The first-order valence-electron chi connectivity index (χ1n) is 19.2. The topological polar surface area (TPSA) is 26.3 Å². The van der Waals surface area contributed by atoms with Gasteiger partial charge in [-0.25, -0.2) is 0 Å². The zero-order chi connectivity index (χ0) is 36.7. The Hall–Kier alpha value is -7.42. The van der Waals surface area contributed by atoms with Crippen LogP contribution in [0, 0.1) is 0 Å². The van der Waals surface area contributed by atoms with Crippen molar-refractivity contribution in [3.63, 3.8) is 0 Å². The van der Waals surface area contributed by atoms with Crippen molar-refractivity contribution in [1.82, 2.24) is 0 Å². The van der Waals surface area contributed by atoms with Gasteiger partial charge in [0.05, 0.1) is 0 Å². The van der Waals surface area contributed by atoms with Crippen LogP contribution in [0.1, 0.15) is 0 Å². The second-order valence-electron chi connectivity index (χ2n) is 14.7. The van der Waals surface area contributed by atoms with Crippen molar-refractivity contribution in [2.75, 3.05) is 0 Å². The summed E-state index contributed by atoms with van der Waals surface area (Å²) in [4.78, 5) is 0. The molecule has 0 aliphatic rings. The lowest BCUT2D eigenvalue weighted by Gasteiger charge is -2.18. The SMILES string of the molecule is c1ccc(-c2cccc3oc4ccccc4c23)c(-c2ccc(-c3c4ccccc4c(-c4ccc5oc6ccc7ccccc7c6c5c4)c4ccccc34)cc2)c1. The summed E-state index contributed by atoms with van der Waals surface area (Å²) in [5.74, 6) is 0. The Morgan fingerprint density at radius 1 is 0.250 bits per heavy atom. The highest BCUT2D eigenvalue weighted by molar-refractivity contribution is 6.24. The molecular weight excluding hydrogens is 681 g/mol. The van der Waals surface area contributed by atoms with Gasteiger partial charge in [-0.1, -0.05) is 164 Å². The smallest absolute Gasteiger partial charge is 0.136 e. The molecule has 12 aromatic rings. The monoisotopic (exact) mass is 712 g/mol. The number of furan rings is 2. The molecule has 2 heterocycles. The molecule has 0 unspecified atom stereocenters. The van der Waals surface area contributed by atoms with Crippen LogP contribution in [-0.4, -0.2) is 0 Å². The predicted octanol–water partition coefficient (Wildman–Crippen LogP) is 15.6. The highest BCUT2D eigenvalue weighted by Gasteiger charge is 2.20. The summed E-state index contributed by atoms with van der Waals surface area (Å²) in [6, 6.07) is 69.8. The number of benzene rings is 10. The molecule has 0 bridgehead atoms. The Labute approximate surface area is 322 Å². The Morgan fingerprint density at radius 2 is 0.732 bits per heavy atom. The fourth-order valence-electron chi connectivity index (χ4n) is 9.24. The van der Waals surface area contributed by atoms with Crippen LogP contribution in [0.25, 0.3) is 121 Å². The van der Waals surface area contributed by atoms with Gasteiger partial charge >= 0.3 is 0 Å². The van der Waals surface area contributed by atoms with E-state index in [4.69, 9.17) is 8.83 Å². The lowest BCUT2D eigenvalue weighted by Crippen LogP contribution is -1.91. The van der Waals surface area contributed by atoms with Crippen LogP contribution in [0.5, 0.6) is 0 Å². The van der Waals surface area contributed by atoms with Crippen molar-refractivity contribution in [2.45, 2.75) is 0 Å². The van der Waals surface area contributed by atoms with E-state index in [0.29, 0.717) is 0 Å². The normalized spacial score (nSPS) is 11.9. The van der Waals surface area contributed by atoms with E-state index in [9.17, 15) is 0 Å². The number of hydrogen-bond acceptors (Lipinski definition) is 2. The molecule has 0 radical (unpaired) electrons. The zero-order valence-corrected chi connectivity index (χ0v) is 30.3. The van der Waals surface area contributed by atoms with Gasteiger partial charge in [-0.05, 0) is 107 Å². The van der Waals surface area contributed by atoms with Crippen LogP contribution in [-0.2, 0) is 0 Å². The highest BCUT2D eigenvalue weighted by Crippen LogP contribution is 2.46. The van der Waals surface area contributed by atoms with Gasteiger partial charge in [-0.3, -0.25) is 0 Å². The Kier molecular flexibility index (Phi) is 6.66. The molecule has 0 N–H and O–H groups in total. The van der Waals surface area contributed by atoms with Crippen molar-refractivity contribution in [2.24, 2.45) is 0 Å². The minimum absolute atomic E-state index is 0.904. The average molecular weight is 713 g/mol. The molecular formula is C54H32O2. The van der Waals surface area contributed by atoms with Crippen LogP contribution in [0.2, 0.25) is 0 Å². The Morgan fingerprint density at radius 3 is 1.46 bits per heavy atom. The largest absolute Gasteiger partial charge is 0.456 e. The maximum Gasteiger partial charge on any atom is 0.136 e. The van der Waals surface area contributed by atoms with E-state index in [1.54, 1.807) is 0 Å². The standard InChI is InChI=1S/C54H32O2/c1-2-14-38-33(12-1)28-31-50-53(38)46-32-36(29-30-48(46)56-50)52-43-18-7-5-16-41(43)51(42-17-6-8-19-44(42)52)35-26-24-34(25-27-35)37-13-3-4-15-39(37)40-21-11-23-49-54(40)45-20-9-10-22-47(45)55-49/h1-32H. The maximum atomic E-state index is 6.41. The van der Waals surface area contributed by atoms with Gasteiger partial charge in [0.15, 0.2) is 0 Å². The number of rotatable bonds is 4. The fourth-order valence-corrected chi connectivity index (χ4v) is 9.24. The molecule has 2 aromatic heterocycles. The summed E-state index contributed by atoms with van der Waals surface area (Å²) in [6.45, 7) is 0. The first-order valence-corrected chi connectivity index (χ1v) is 19.2. The second kappa shape index (κ2) is 12.0. The van der Waals surface area contributed by atoms with Crippen molar-refractivity contribution in [3.8, 4) is 44.5 Å². The minimum atomic E-state index is 0.904. The number of hydrogen-bond donors (Lipinski definition) is 0. The van der Waals surface area contributed by atoms with Crippen molar-refractivity contribution >= 4 is 76.2 Å². The van der Waals surface area contributed by atoms with Crippen molar-refractivity contribution in [1.29, 1.82) is 0 Å². The zero-order valence-electron chi connectivity index (χ0n) is 30.3. The van der Waals surface area contributed by atoms with E-state index < -0.39 is 0 Å². The fraction of sp³-hybridized carbons (Fsp3) is 0. The first kappa shape index (κ1) is 31.0. The Balaban J connectivity index is 1.03. The molecule has 260 valence electrons. The van der Waals surface area contributed by atoms with Gasteiger partial charge in [-0.2, -0.15) is 0 Å². The van der Waals surface area contributed by atoms with E-state index in [2.05, 4.69) is 182 Å². The van der Waals surface area contributed by atoms with E-state index in [0.717, 1.165) is 38.5 Å². The van der Waals surface area contributed by atoms with E-state index >= 15 is 0 Å². The van der Waals surface area contributed by atoms with Crippen LogP contribution in [0.4, 0.5) is 0 Å². The molecule has 0 aliphatic carbocycles. The summed E-state index contributed by atoms with van der Waals surface area (Å²) in [5.41, 5.74) is 13.2. The molecule has 2 nitrogen and oxygen atoms in total. The van der Waals surface area contributed by atoms with Crippen LogP contribution in [0.3, 0.4) is 0 Å². The van der Waals surface area contributed by atoms with Gasteiger partial charge in [0, 0.05) is 21.5 Å². The van der Waals surface area contributed by atoms with Crippen LogP contribution >= 0.6 is 0 Å². The van der Waals surface area contributed by atoms with Gasteiger partial charge in [0.1, 0.15) is 22.3 Å². The molecule has 0 atom stereocenters. The summed E-state index contributed by atoms with van der Waals surface area (Å²) in [7, 11) is 0. The highest BCUT2D eigenvalue weighted by atomic mass is 16.3. The van der Waals surface area contributed by atoms with E-state index in [-0.39, 0.29) is 0 Å². The van der Waals surface area contributed by atoms with Gasteiger partial charge in [0.2, 0.25) is 0 Å². The quantitative estimate of drug-likeness (QED) is 0.170.